The minimum atomic E-state index is -0.381. The third-order valence-electron chi connectivity index (χ3n) is 7.49. The molecule has 0 spiro atoms. The Balaban J connectivity index is 1.27. The van der Waals surface area contributed by atoms with Crippen LogP contribution in [0.2, 0.25) is 0 Å². The van der Waals surface area contributed by atoms with E-state index in [1.807, 2.05) is 89.7 Å². The second-order valence-electron chi connectivity index (χ2n) is 10.5. The molecule has 3 aromatic carbocycles. The van der Waals surface area contributed by atoms with E-state index in [4.69, 9.17) is 14.6 Å². The van der Waals surface area contributed by atoms with Gasteiger partial charge in [0, 0.05) is 23.2 Å². The van der Waals surface area contributed by atoms with Crippen molar-refractivity contribution in [2.45, 2.75) is 31.1 Å². The number of thioether (sulfide) groups is 1. The number of para-hydroxylation sites is 1. The van der Waals surface area contributed by atoms with Crippen molar-refractivity contribution in [3.05, 3.63) is 118 Å². The van der Waals surface area contributed by atoms with E-state index in [1.54, 1.807) is 42.7 Å². The molecule has 1 atom stereocenters. The number of carbonyl (C=O) groups excluding carboxylic acids is 2. The van der Waals surface area contributed by atoms with Crippen LogP contribution in [0.4, 0.5) is 0 Å². The first-order valence-corrected chi connectivity index (χ1v) is 16.4. The van der Waals surface area contributed by atoms with Gasteiger partial charge in [-0.2, -0.15) is 5.10 Å². The highest BCUT2D eigenvalue weighted by molar-refractivity contribution is 7.99. The zero-order valence-corrected chi connectivity index (χ0v) is 27.2. The molecule has 1 aliphatic heterocycles. The van der Waals surface area contributed by atoms with Crippen LogP contribution in [0, 0.1) is 6.92 Å². The normalized spacial score (nSPS) is 14.2. The van der Waals surface area contributed by atoms with E-state index in [2.05, 4.69) is 15.5 Å². The predicted octanol–water partition coefficient (Wildman–Crippen LogP) is 6.05. The van der Waals surface area contributed by atoms with Crippen LogP contribution in [0.1, 0.15) is 44.6 Å². The number of methoxy groups -OCH3 is 2. The average Bonchev–Trinajstić information content (AvgIpc) is 3.86. The summed E-state index contributed by atoms with van der Waals surface area (Å²) in [4.78, 5) is 27.8. The number of thiophene rings is 1. The Kier molecular flexibility index (Phi) is 9.46. The first-order chi connectivity index (χ1) is 22.5. The number of aromatic nitrogens is 3. The molecule has 0 radical (unpaired) electrons. The molecule has 6 rings (SSSR count). The van der Waals surface area contributed by atoms with Gasteiger partial charge in [-0.15, -0.1) is 21.5 Å². The van der Waals surface area contributed by atoms with Gasteiger partial charge in [0.25, 0.3) is 11.8 Å². The summed E-state index contributed by atoms with van der Waals surface area (Å²) >= 11 is 2.86. The lowest BCUT2D eigenvalue weighted by Crippen LogP contribution is -2.29. The minimum absolute atomic E-state index is 0.0598. The van der Waals surface area contributed by atoms with Gasteiger partial charge in [0.1, 0.15) is 0 Å². The average molecular weight is 653 g/mol. The molecule has 5 aromatic rings. The Morgan fingerprint density at radius 2 is 1.80 bits per heavy atom. The summed E-state index contributed by atoms with van der Waals surface area (Å²) in [6, 6.07) is 26.2. The zero-order chi connectivity index (χ0) is 32.0. The standard InChI is InChI=1S/C34H32N6O4S2/c1-22-10-7-13-24(18-22)39-30(20-35-33(42)23-11-5-4-6-12-23)36-37-34(39)46-21-31(41)40-27(19-26(38-40)29-16-9-17-45-29)25-14-8-15-28(43-2)32(25)44-3/h4-18,27H,19-21H2,1-3H3,(H,35,42)/t27-/m0/s1. The largest absolute Gasteiger partial charge is 0.493 e. The quantitative estimate of drug-likeness (QED) is 0.173. The summed E-state index contributed by atoms with van der Waals surface area (Å²) in [5.41, 5.74) is 4.10. The molecule has 0 saturated heterocycles. The number of nitrogens with zero attached hydrogens (tertiary/aromatic N) is 5. The van der Waals surface area contributed by atoms with E-state index in [0.717, 1.165) is 27.4 Å². The summed E-state index contributed by atoms with van der Waals surface area (Å²) in [5.74, 6) is 1.36. The second kappa shape index (κ2) is 14.0. The third kappa shape index (κ3) is 6.53. The number of amides is 2. The highest BCUT2D eigenvalue weighted by Crippen LogP contribution is 2.42. The van der Waals surface area contributed by atoms with E-state index in [0.29, 0.717) is 34.5 Å². The minimum Gasteiger partial charge on any atom is -0.493 e. The summed E-state index contributed by atoms with van der Waals surface area (Å²) in [7, 11) is 3.19. The molecule has 0 fully saturated rings. The van der Waals surface area contributed by atoms with Crippen LogP contribution in [0.3, 0.4) is 0 Å². The molecule has 10 nitrogen and oxygen atoms in total. The van der Waals surface area contributed by atoms with Crippen molar-refractivity contribution in [1.82, 2.24) is 25.1 Å². The fourth-order valence-corrected chi connectivity index (χ4v) is 6.87. The molecule has 12 heteroatoms. The molecule has 2 aromatic heterocycles. The maximum Gasteiger partial charge on any atom is 0.253 e. The van der Waals surface area contributed by atoms with Crippen LogP contribution < -0.4 is 14.8 Å². The monoisotopic (exact) mass is 652 g/mol. The number of hydrazone groups is 1. The Morgan fingerprint density at radius 1 is 0.978 bits per heavy atom. The Morgan fingerprint density at radius 3 is 2.54 bits per heavy atom. The van der Waals surface area contributed by atoms with E-state index in [1.165, 1.54) is 11.8 Å². The van der Waals surface area contributed by atoms with E-state index in [-0.39, 0.29) is 30.2 Å². The molecular formula is C34H32N6O4S2. The van der Waals surface area contributed by atoms with Crippen LogP contribution in [-0.2, 0) is 11.3 Å². The van der Waals surface area contributed by atoms with Crippen molar-refractivity contribution < 1.29 is 19.1 Å². The van der Waals surface area contributed by atoms with Crippen molar-refractivity contribution in [2.75, 3.05) is 20.0 Å². The van der Waals surface area contributed by atoms with Crippen LogP contribution >= 0.6 is 23.1 Å². The highest BCUT2D eigenvalue weighted by atomic mass is 32.2. The molecule has 0 unspecified atom stereocenters. The summed E-state index contributed by atoms with van der Waals surface area (Å²) in [6.45, 7) is 2.16. The second-order valence-corrected chi connectivity index (χ2v) is 12.4. The van der Waals surface area contributed by atoms with Gasteiger partial charge in [0.15, 0.2) is 22.5 Å². The van der Waals surface area contributed by atoms with Crippen LogP contribution in [0.5, 0.6) is 11.5 Å². The molecule has 234 valence electrons. The fraction of sp³-hybridized carbons (Fsp3) is 0.206. The molecule has 0 bridgehead atoms. The predicted molar refractivity (Wildman–Crippen MR) is 179 cm³/mol. The van der Waals surface area contributed by atoms with Crippen molar-refractivity contribution >= 4 is 40.6 Å². The lowest BCUT2D eigenvalue weighted by atomic mass is 9.99. The van der Waals surface area contributed by atoms with Gasteiger partial charge in [0.2, 0.25) is 0 Å². The van der Waals surface area contributed by atoms with Crippen molar-refractivity contribution in [3.8, 4) is 17.2 Å². The third-order valence-corrected chi connectivity index (χ3v) is 9.32. The van der Waals surface area contributed by atoms with E-state index >= 15 is 0 Å². The smallest absolute Gasteiger partial charge is 0.253 e. The summed E-state index contributed by atoms with van der Waals surface area (Å²) < 4.78 is 13.2. The van der Waals surface area contributed by atoms with Crippen LogP contribution in [0.25, 0.3) is 5.69 Å². The molecule has 1 N–H and O–H groups in total. The molecule has 0 saturated carbocycles. The van der Waals surface area contributed by atoms with Gasteiger partial charge in [-0.25, -0.2) is 5.01 Å². The molecule has 1 aliphatic rings. The Hall–Kier alpha value is -4.94. The van der Waals surface area contributed by atoms with E-state index in [9.17, 15) is 9.59 Å². The number of carbonyl (C=O) groups is 2. The van der Waals surface area contributed by atoms with Gasteiger partial charge in [-0.1, -0.05) is 60.3 Å². The van der Waals surface area contributed by atoms with Gasteiger partial charge < -0.3 is 14.8 Å². The number of ether oxygens (including phenoxy) is 2. The number of nitrogens with one attached hydrogen (secondary N) is 1. The Labute approximate surface area is 275 Å². The van der Waals surface area contributed by atoms with Gasteiger partial charge in [-0.3, -0.25) is 14.2 Å². The number of aryl methyl sites for hydroxylation is 1. The molecule has 46 heavy (non-hydrogen) atoms. The lowest BCUT2D eigenvalue weighted by Gasteiger charge is -2.24. The van der Waals surface area contributed by atoms with Gasteiger partial charge in [-0.05, 0) is 54.3 Å². The molecular weight excluding hydrogens is 621 g/mol. The fourth-order valence-electron chi connectivity index (χ4n) is 5.33. The maximum atomic E-state index is 14.0. The van der Waals surface area contributed by atoms with Crippen molar-refractivity contribution in [2.24, 2.45) is 5.10 Å². The molecule has 2 amide bonds. The summed E-state index contributed by atoms with van der Waals surface area (Å²) in [5, 5.41) is 20.7. The SMILES string of the molecule is COc1cccc([C@@H]2CC(c3cccs3)=NN2C(=O)CSc2nnc(CNC(=O)c3ccccc3)n2-c2cccc(C)c2)c1OC. The zero-order valence-electron chi connectivity index (χ0n) is 25.5. The lowest BCUT2D eigenvalue weighted by molar-refractivity contribution is -0.130. The number of rotatable bonds is 11. The number of hydrogen-bond donors (Lipinski definition) is 1. The van der Waals surface area contributed by atoms with Gasteiger partial charge in [0.05, 0.1) is 43.1 Å². The van der Waals surface area contributed by atoms with Crippen LogP contribution in [0.15, 0.2) is 101 Å². The number of benzene rings is 3. The van der Waals surface area contributed by atoms with Crippen molar-refractivity contribution in [1.29, 1.82) is 0 Å². The molecule has 3 heterocycles. The molecule has 0 aliphatic carbocycles. The maximum absolute atomic E-state index is 14.0. The van der Waals surface area contributed by atoms with E-state index < -0.39 is 0 Å². The van der Waals surface area contributed by atoms with Gasteiger partial charge >= 0.3 is 0 Å². The highest BCUT2D eigenvalue weighted by Gasteiger charge is 2.36. The van der Waals surface area contributed by atoms with Crippen molar-refractivity contribution in [3.63, 3.8) is 0 Å². The van der Waals surface area contributed by atoms with Crippen LogP contribution in [-0.4, -0.2) is 57.3 Å². The topological polar surface area (TPSA) is 111 Å². The summed E-state index contributed by atoms with van der Waals surface area (Å²) in [6.07, 6.45) is 0.533. The number of hydrogen-bond acceptors (Lipinski definition) is 9. The first kappa shape index (κ1) is 31.1. The first-order valence-electron chi connectivity index (χ1n) is 14.6. The Bertz CT molecular complexity index is 1870.